The number of anilines is 2. The number of hydrogen-bond acceptors (Lipinski definition) is 11. The van der Waals surface area contributed by atoms with Gasteiger partial charge in [-0.25, -0.2) is 9.97 Å². The molecule has 2 aromatic heterocycles. The Hall–Kier alpha value is -6.53. The molecule has 17 nitrogen and oxygen atoms in total. The minimum atomic E-state index is -0.907. The summed E-state index contributed by atoms with van der Waals surface area (Å²) in [6.45, 7) is 6.15. The second-order valence-electron chi connectivity index (χ2n) is 14.6. The number of H-pyrrole nitrogens is 2. The Morgan fingerprint density at radius 2 is 1.06 bits per heavy atom. The lowest BCUT2D eigenvalue weighted by atomic mass is 10.1. The first-order chi connectivity index (χ1) is 30.3. The Morgan fingerprint density at radius 3 is 1.50 bits per heavy atom. The first kappa shape index (κ1) is 48.5. The summed E-state index contributed by atoms with van der Waals surface area (Å²) in [6.07, 6.45) is 0.839. The summed E-state index contributed by atoms with van der Waals surface area (Å²) in [5.41, 5.74) is 13.9. The van der Waals surface area contributed by atoms with E-state index >= 15 is 0 Å². The number of carbonyl (C=O) groups excluding carboxylic acids is 3. The van der Waals surface area contributed by atoms with E-state index in [2.05, 4.69) is 35.1 Å². The summed E-state index contributed by atoms with van der Waals surface area (Å²) in [4.78, 5) is 89.2. The summed E-state index contributed by atoms with van der Waals surface area (Å²) >= 11 is 12.4. The van der Waals surface area contributed by atoms with Crippen LogP contribution in [0.15, 0.2) is 94.5 Å². The Kier molecular flexibility index (Phi) is 17.2. The Bertz CT molecular complexity index is 2750. The second kappa shape index (κ2) is 22.7. The van der Waals surface area contributed by atoms with Crippen molar-refractivity contribution < 1.29 is 24.3 Å². The number of halogens is 3. The molecule has 8 rings (SSSR count). The number of hydrogen-bond donors (Lipinski definition) is 6. The maximum atomic E-state index is 12.7. The maximum Gasteiger partial charge on any atom is 0.303 e. The van der Waals surface area contributed by atoms with Crippen LogP contribution in [0.5, 0.6) is 0 Å². The second-order valence-corrected chi connectivity index (χ2v) is 15.4. The largest absolute Gasteiger partial charge is 0.481 e. The van der Waals surface area contributed by atoms with E-state index in [1.807, 2.05) is 12.1 Å². The molecule has 4 heterocycles. The number of primary amides is 2. The standard InChI is InChI=1S/C22H22ClN5O3.C11H14ClN3O.C11H10N2O3.ClH/c23-16-13-14(21(24)30)5-6-18(16)27-9-11-28(12-10-27)20(29)8-7-19-25-17-4-2-1-3-15(17)22(31)26-19;12-9-7-8(11(13)16)1-2-10(9)15-5-3-14-4-6-15;14-10(15)6-5-9-12-8-4-2-1-3-7(8)11(16)13-9;/h1-6,13H,7-12H2,(H2,24,30)(H,25,26,31);1-2,7,14H,3-6H2,(H2,13,16);1-4H,5-6H2,(H,14,15)(H,12,13,16);1H. The van der Waals surface area contributed by atoms with Crippen molar-refractivity contribution >= 4 is 92.5 Å². The van der Waals surface area contributed by atoms with Gasteiger partial charge in [0, 0.05) is 82.7 Å². The molecule has 64 heavy (non-hydrogen) atoms. The molecule has 0 radical (unpaired) electrons. The number of rotatable bonds is 10. The van der Waals surface area contributed by atoms with Crippen molar-refractivity contribution in [3.05, 3.63) is 138 Å². The number of fused-ring (bicyclic) bond motifs is 2. The van der Waals surface area contributed by atoms with E-state index in [9.17, 15) is 28.8 Å². The van der Waals surface area contributed by atoms with Crippen LogP contribution in [-0.4, -0.2) is 106 Å². The molecular weight excluding hydrogens is 887 g/mol. The summed E-state index contributed by atoms with van der Waals surface area (Å²) in [5.74, 6) is -0.940. The molecule has 336 valence electrons. The molecule has 3 amide bonds. The molecule has 0 bridgehead atoms. The molecule has 0 spiro atoms. The smallest absolute Gasteiger partial charge is 0.303 e. The van der Waals surface area contributed by atoms with Crippen molar-refractivity contribution in [3.63, 3.8) is 0 Å². The highest BCUT2D eigenvalue weighted by Crippen LogP contribution is 2.29. The lowest BCUT2D eigenvalue weighted by molar-refractivity contribution is -0.137. The summed E-state index contributed by atoms with van der Waals surface area (Å²) in [5, 5.41) is 13.9. The molecule has 20 heteroatoms. The van der Waals surface area contributed by atoms with E-state index in [0.717, 1.165) is 37.6 Å². The predicted molar refractivity (Wildman–Crippen MR) is 250 cm³/mol. The highest BCUT2D eigenvalue weighted by Gasteiger charge is 2.23. The summed E-state index contributed by atoms with van der Waals surface area (Å²) in [7, 11) is 0. The fourth-order valence-corrected chi connectivity index (χ4v) is 7.65. The summed E-state index contributed by atoms with van der Waals surface area (Å²) in [6, 6.07) is 24.3. The van der Waals surface area contributed by atoms with Crippen LogP contribution in [-0.2, 0) is 22.4 Å². The number of nitrogens with two attached hydrogens (primary N) is 2. The van der Waals surface area contributed by atoms with Gasteiger partial charge in [0.25, 0.3) is 11.1 Å². The number of piperazine rings is 2. The number of carbonyl (C=O) groups is 4. The predicted octanol–water partition coefficient (Wildman–Crippen LogP) is 4.17. The first-order valence-corrected chi connectivity index (χ1v) is 20.9. The Balaban J connectivity index is 0.000000197. The number of aromatic nitrogens is 4. The molecule has 8 N–H and O–H groups in total. The average Bonchev–Trinajstić information content (AvgIpc) is 3.28. The molecule has 2 fully saturated rings. The Labute approximate surface area is 383 Å². The van der Waals surface area contributed by atoms with E-state index in [0.29, 0.717) is 87.2 Å². The zero-order chi connectivity index (χ0) is 45.0. The van der Waals surface area contributed by atoms with Gasteiger partial charge < -0.3 is 46.6 Å². The van der Waals surface area contributed by atoms with Crippen LogP contribution in [0.2, 0.25) is 10.0 Å². The number of carboxylic acid groups (broad SMARTS) is 1. The van der Waals surface area contributed by atoms with Crippen molar-refractivity contribution in [2.75, 3.05) is 62.2 Å². The molecule has 0 atom stereocenters. The molecule has 0 unspecified atom stereocenters. The summed E-state index contributed by atoms with van der Waals surface area (Å²) < 4.78 is 0. The van der Waals surface area contributed by atoms with Gasteiger partial charge in [-0.05, 0) is 60.7 Å². The number of amides is 3. The third-order valence-corrected chi connectivity index (χ3v) is 11.0. The van der Waals surface area contributed by atoms with Crippen molar-refractivity contribution in [2.45, 2.75) is 25.7 Å². The molecule has 4 aromatic carbocycles. The zero-order valence-electron chi connectivity index (χ0n) is 34.5. The van der Waals surface area contributed by atoms with Crippen LogP contribution >= 0.6 is 35.6 Å². The lowest BCUT2D eigenvalue weighted by Gasteiger charge is -2.36. The highest BCUT2D eigenvalue weighted by atomic mass is 35.5. The van der Waals surface area contributed by atoms with Crippen LogP contribution in [0.3, 0.4) is 0 Å². The van der Waals surface area contributed by atoms with Crippen molar-refractivity contribution in [1.29, 1.82) is 0 Å². The minimum Gasteiger partial charge on any atom is -0.481 e. The van der Waals surface area contributed by atoms with Crippen LogP contribution in [0.4, 0.5) is 11.4 Å². The highest BCUT2D eigenvalue weighted by molar-refractivity contribution is 6.34. The van der Waals surface area contributed by atoms with Crippen LogP contribution in [0.1, 0.15) is 45.2 Å². The van der Waals surface area contributed by atoms with Gasteiger partial charge in [-0.2, -0.15) is 0 Å². The molecule has 0 aliphatic carbocycles. The molecule has 6 aromatic rings. The first-order valence-electron chi connectivity index (χ1n) is 20.1. The van der Waals surface area contributed by atoms with E-state index in [1.54, 1.807) is 77.7 Å². The van der Waals surface area contributed by atoms with Crippen molar-refractivity contribution in [3.8, 4) is 0 Å². The van der Waals surface area contributed by atoms with E-state index < -0.39 is 17.8 Å². The molecular formula is C44H47Cl3N10O7. The number of aliphatic carboxylic acids is 1. The average molecular weight is 934 g/mol. The van der Waals surface area contributed by atoms with Crippen LogP contribution in [0.25, 0.3) is 21.8 Å². The quantitative estimate of drug-likeness (QED) is 0.113. The van der Waals surface area contributed by atoms with Gasteiger partial charge in [0.1, 0.15) is 11.6 Å². The van der Waals surface area contributed by atoms with E-state index in [-0.39, 0.29) is 48.7 Å². The maximum absolute atomic E-state index is 12.7. The normalized spacial score (nSPS) is 13.5. The monoisotopic (exact) mass is 932 g/mol. The third-order valence-electron chi connectivity index (χ3n) is 10.4. The van der Waals surface area contributed by atoms with Crippen LogP contribution in [0, 0.1) is 0 Å². The van der Waals surface area contributed by atoms with Gasteiger partial charge in [0.2, 0.25) is 17.7 Å². The van der Waals surface area contributed by atoms with Crippen LogP contribution < -0.4 is 37.7 Å². The zero-order valence-corrected chi connectivity index (χ0v) is 36.8. The number of nitrogens with zero attached hydrogens (tertiary/aromatic N) is 5. The van der Waals surface area contributed by atoms with Crippen molar-refractivity contribution in [2.24, 2.45) is 11.5 Å². The molecule has 2 saturated heterocycles. The Morgan fingerprint density at radius 1 is 0.625 bits per heavy atom. The number of aryl methyl sites for hydroxylation is 2. The van der Waals surface area contributed by atoms with Crippen molar-refractivity contribution in [1.82, 2.24) is 30.2 Å². The molecule has 2 aliphatic heterocycles. The topological polar surface area (TPSA) is 254 Å². The van der Waals surface area contributed by atoms with Gasteiger partial charge in [-0.15, -0.1) is 12.4 Å². The molecule has 2 aliphatic rings. The van der Waals surface area contributed by atoms with Gasteiger partial charge in [0.05, 0.1) is 49.6 Å². The number of aromatic amines is 2. The van der Waals surface area contributed by atoms with Gasteiger partial charge in [-0.1, -0.05) is 47.5 Å². The third kappa shape index (κ3) is 12.8. The van der Waals surface area contributed by atoms with Gasteiger partial charge in [0.15, 0.2) is 0 Å². The minimum absolute atomic E-state index is 0. The van der Waals surface area contributed by atoms with E-state index in [4.69, 9.17) is 39.8 Å². The number of para-hydroxylation sites is 2. The lowest BCUT2D eigenvalue weighted by Crippen LogP contribution is -2.49. The SMILES string of the molecule is Cl.NC(=O)c1ccc(N2CCN(C(=O)CCc3nc4ccccc4c(=O)[nH]3)CC2)c(Cl)c1.NC(=O)c1ccc(N2CCNCC2)c(Cl)c1.O=C(O)CCc1nc2ccccc2c(=O)[nH]1. The van der Waals surface area contributed by atoms with Gasteiger partial charge in [-0.3, -0.25) is 28.8 Å². The molecule has 0 saturated carbocycles. The number of benzene rings is 4. The van der Waals surface area contributed by atoms with Gasteiger partial charge >= 0.3 is 5.97 Å². The number of nitrogens with one attached hydrogen (secondary N) is 3. The fourth-order valence-electron chi connectivity index (χ4n) is 7.05. The van der Waals surface area contributed by atoms with E-state index in [1.165, 1.54) is 0 Å². The number of carboxylic acids is 1. The fraction of sp³-hybridized carbons (Fsp3) is 0.273.